The van der Waals surface area contributed by atoms with Crippen LogP contribution in [0.15, 0.2) is 22.8 Å². The lowest BCUT2D eigenvalue weighted by Gasteiger charge is -1.94. The quantitative estimate of drug-likeness (QED) is 0.840. The number of carbonyl (C=O) groups is 2. The van der Waals surface area contributed by atoms with Crippen LogP contribution in [0, 0.1) is 0 Å². The van der Waals surface area contributed by atoms with E-state index in [1.165, 1.54) is 6.92 Å². The van der Waals surface area contributed by atoms with Gasteiger partial charge in [0.25, 0.3) is 0 Å². The van der Waals surface area contributed by atoms with E-state index in [0.717, 1.165) is 4.47 Å². The van der Waals surface area contributed by atoms with Crippen LogP contribution in [-0.4, -0.2) is 22.0 Å². The number of aromatic nitrogens is 1. The lowest BCUT2D eigenvalue weighted by atomic mass is 10.3. The molecule has 1 aromatic heterocycles. The van der Waals surface area contributed by atoms with Gasteiger partial charge < -0.3 is 10.8 Å². The van der Waals surface area contributed by atoms with Crippen LogP contribution in [0.4, 0.5) is 0 Å². The van der Waals surface area contributed by atoms with Gasteiger partial charge in [-0.25, -0.2) is 0 Å². The number of halogens is 1. The number of hydrogen-bond acceptors (Lipinski definition) is 3. The Morgan fingerprint density at radius 2 is 2.07 bits per heavy atom. The number of carboxylic acid groups (broad SMARTS) is 1. The molecule has 1 heterocycles. The van der Waals surface area contributed by atoms with E-state index >= 15 is 0 Å². The van der Waals surface area contributed by atoms with Gasteiger partial charge in [0.2, 0.25) is 5.91 Å². The number of primary amides is 1. The standard InChI is InChI=1S/C7H6BrNO2.C2H5NO/c8-5-1-2-6(9-4-5)3-7(10)11;1-2(3)4/h1-2,4H,3H2,(H,10,11);1H3,(H2,3,4). The van der Waals surface area contributed by atoms with Crippen molar-refractivity contribution in [2.24, 2.45) is 5.73 Å². The fourth-order valence-corrected chi connectivity index (χ4v) is 0.900. The molecule has 0 atom stereocenters. The molecular formula is C9H11BrN2O3. The van der Waals surface area contributed by atoms with Gasteiger partial charge in [0.1, 0.15) is 0 Å². The fourth-order valence-electron chi connectivity index (χ4n) is 0.666. The first-order chi connectivity index (χ1) is 6.91. The van der Waals surface area contributed by atoms with E-state index in [4.69, 9.17) is 5.11 Å². The van der Waals surface area contributed by atoms with Crippen LogP contribution < -0.4 is 5.73 Å². The highest BCUT2D eigenvalue weighted by molar-refractivity contribution is 9.10. The van der Waals surface area contributed by atoms with Crippen LogP contribution in [0.25, 0.3) is 0 Å². The summed E-state index contributed by atoms with van der Waals surface area (Å²) in [6, 6.07) is 3.45. The number of carbonyl (C=O) groups excluding carboxylic acids is 1. The molecule has 0 saturated carbocycles. The maximum Gasteiger partial charge on any atom is 0.309 e. The van der Waals surface area contributed by atoms with Crippen molar-refractivity contribution in [1.29, 1.82) is 0 Å². The molecule has 0 fully saturated rings. The number of amides is 1. The number of carboxylic acids is 1. The Kier molecular flexibility index (Phi) is 6.28. The molecule has 82 valence electrons. The zero-order valence-electron chi connectivity index (χ0n) is 8.11. The third kappa shape index (κ3) is 8.89. The van der Waals surface area contributed by atoms with Gasteiger partial charge in [0.15, 0.2) is 0 Å². The van der Waals surface area contributed by atoms with Gasteiger partial charge in [-0.3, -0.25) is 14.6 Å². The summed E-state index contributed by atoms with van der Waals surface area (Å²) in [6.45, 7) is 1.31. The molecule has 0 unspecified atom stereocenters. The van der Waals surface area contributed by atoms with Crippen molar-refractivity contribution in [3.05, 3.63) is 28.5 Å². The predicted molar refractivity (Wildman–Crippen MR) is 58.1 cm³/mol. The Morgan fingerprint density at radius 3 is 2.40 bits per heavy atom. The molecule has 3 N–H and O–H groups in total. The Hall–Kier alpha value is -1.43. The monoisotopic (exact) mass is 274 g/mol. The van der Waals surface area contributed by atoms with Gasteiger partial charge in [0, 0.05) is 17.6 Å². The van der Waals surface area contributed by atoms with Crippen LogP contribution in [0.1, 0.15) is 12.6 Å². The van der Waals surface area contributed by atoms with Crippen LogP contribution in [0.5, 0.6) is 0 Å². The van der Waals surface area contributed by atoms with E-state index in [2.05, 4.69) is 26.6 Å². The first-order valence-electron chi connectivity index (χ1n) is 4.00. The summed E-state index contributed by atoms with van der Waals surface area (Å²) in [6.07, 6.45) is 1.56. The number of rotatable bonds is 2. The summed E-state index contributed by atoms with van der Waals surface area (Å²) < 4.78 is 0.853. The molecule has 0 aliphatic carbocycles. The van der Waals surface area contributed by atoms with E-state index in [0.29, 0.717) is 5.69 Å². The SMILES string of the molecule is CC(N)=O.O=C(O)Cc1ccc(Br)cn1. The van der Waals surface area contributed by atoms with Gasteiger partial charge in [-0.1, -0.05) is 0 Å². The smallest absolute Gasteiger partial charge is 0.309 e. The zero-order valence-corrected chi connectivity index (χ0v) is 9.69. The molecule has 1 aromatic rings. The minimum Gasteiger partial charge on any atom is -0.481 e. The molecule has 5 nitrogen and oxygen atoms in total. The predicted octanol–water partition coefficient (Wildman–Crippen LogP) is 0.963. The zero-order chi connectivity index (χ0) is 11.8. The highest BCUT2D eigenvalue weighted by atomic mass is 79.9. The van der Waals surface area contributed by atoms with E-state index in [-0.39, 0.29) is 12.3 Å². The summed E-state index contributed by atoms with van der Waals surface area (Å²) in [5, 5.41) is 8.38. The molecule has 0 aromatic carbocycles. The van der Waals surface area contributed by atoms with Crippen molar-refractivity contribution in [3.8, 4) is 0 Å². The minimum absolute atomic E-state index is 0.0206. The number of aliphatic carboxylic acids is 1. The number of pyridine rings is 1. The van der Waals surface area contributed by atoms with Gasteiger partial charge in [-0.15, -0.1) is 0 Å². The van der Waals surface area contributed by atoms with Crippen molar-refractivity contribution >= 4 is 27.8 Å². The lowest BCUT2D eigenvalue weighted by molar-refractivity contribution is -0.136. The molecule has 0 spiro atoms. The maximum absolute atomic E-state index is 10.2. The van der Waals surface area contributed by atoms with Crippen LogP contribution in [0.2, 0.25) is 0 Å². The summed E-state index contributed by atoms with van der Waals surface area (Å²) in [5.41, 5.74) is 5.04. The van der Waals surface area contributed by atoms with Crippen LogP contribution in [0.3, 0.4) is 0 Å². The Labute approximate surface area is 95.4 Å². The molecule has 0 radical (unpaired) electrons. The van der Waals surface area contributed by atoms with Crippen molar-refractivity contribution in [2.75, 3.05) is 0 Å². The summed E-state index contributed by atoms with van der Waals surface area (Å²) in [5.74, 6) is -1.19. The molecule has 15 heavy (non-hydrogen) atoms. The van der Waals surface area contributed by atoms with Crippen LogP contribution >= 0.6 is 15.9 Å². The average Bonchev–Trinajstić information content (AvgIpc) is 2.07. The lowest BCUT2D eigenvalue weighted by Crippen LogP contribution is -2.01. The Morgan fingerprint density at radius 1 is 1.53 bits per heavy atom. The van der Waals surface area contributed by atoms with Gasteiger partial charge in [-0.05, 0) is 28.1 Å². The largest absolute Gasteiger partial charge is 0.481 e. The van der Waals surface area contributed by atoms with Crippen molar-refractivity contribution in [2.45, 2.75) is 13.3 Å². The second kappa shape index (κ2) is 6.94. The van der Waals surface area contributed by atoms with Crippen molar-refractivity contribution in [3.63, 3.8) is 0 Å². The Balaban J connectivity index is 0.000000423. The second-order valence-corrected chi connectivity index (χ2v) is 3.56. The topological polar surface area (TPSA) is 93.3 Å². The fraction of sp³-hybridized carbons (Fsp3) is 0.222. The van der Waals surface area contributed by atoms with Crippen LogP contribution in [-0.2, 0) is 16.0 Å². The Bertz CT molecular complexity index is 334. The summed E-state index contributed by atoms with van der Waals surface area (Å²) >= 11 is 3.20. The molecule has 6 heteroatoms. The van der Waals surface area contributed by atoms with E-state index in [9.17, 15) is 9.59 Å². The van der Waals surface area contributed by atoms with Gasteiger partial charge in [-0.2, -0.15) is 0 Å². The first kappa shape index (κ1) is 13.6. The van der Waals surface area contributed by atoms with E-state index < -0.39 is 5.97 Å². The number of hydrogen-bond donors (Lipinski definition) is 2. The van der Waals surface area contributed by atoms with E-state index in [1.54, 1.807) is 18.3 Å². The third-order valence-electron chi connectivity index (χ3n) is 1.12. The third-order valence-corrected chi connectivity index (χ3v) is 1.59. The highest BCUT2D eigenvalue weighted by Crippen LogP contribution is 2.07. The molecule has 1 amide bonds. The highest BCUT2D eigenvalue weighted by Gasteiger charge is 1.99. The minimum atomic E-state index is -0.861. The van der Waals surface area contributed by atoms with Gasteiger partial charge in [0.05, 0.1) is 12.1 Å². The van der Waals surface area contributed by atoms with E-state index in [1.807, 2.05) is 0 Å². The summed E-state index contributed by atoms with van der Waals surface area (Å²) in [4.78, 5) is 23.3. The van der Waals surface area contributed by atoms with Gasteiger partial charge >= 0.3 is 5.97 Å². The molecular weight excluding hydrogens is 264 g/mol. The second-order valence-electron chi connectivity index (χ2n) is 2.65. The first-order valence-corrected chi connectivity index (χ1v) is 4.79. The van der Waals surface area contributed by atoms with Crippen molar-refractivity contribution < 1.29 is 14.7 Å². The molecule has 0 aliphatic rings. The number of nitrogens with zero attached hydrogens (tertiary/aromatic N) is 1. The molecule has 1 rings (SSSR count). The summed E-state index contributed by atoms with van der Waals surface area (Å²) in [7, 11) is 0. The molecule has 0 bridgehead atoms. The number of nitrogens with two attached hydrogens (primary N) is 1. The molecule has 0 saturated heterocycles. The van der Waals surface area contributed by atoms with Crippen molar-refractivity contribution in [1.82, 2.24) is 4.98 Å². The average molecular weight is 275 g/mol. The molecule has 0 aliphatic heterocycles. The maximum atomic E-state index is 10.2. The normalized spacial score (nSPS) is 8.67.